The molecule has 0 bridgehead atoms. The van der Waals surface area contributed by atoms with E-state index in [0.717, 1.165) is 22.5 Å². The lowest BCUT2D eigenvalue weighted by Gasteiger charge is -2.12. The second-order valence-corrected chi connectivity index (χ2v) is 8.05. The minimum Gasteiger partial charge on any atom is -0.333 e. The summed E-state index contributed by atoms with van der Waals surface area (Å²) in [5, 5.41) is 7.36. The minimum atomic E-state index is -0.350. The highest BCUT2D eigenvalue weighted by molar-refractivity contribution is 5.91. The molecule has 4 rings (SSSR count). The summed E-state index contributed by atoms with van der Waals surface area (Å²) >= 11 is 0. The highest BCUT2D eigenvalue weighted by Crippen LogP contribution is 2.23. The number of aromatic nitrogens is 3. The largest absolute Gasteiger partial charge is 0.333 e. The van der Waals surface area contributed by atoms with Crippen molar-refractivity contribution < 1.29 is 9.18 Å². The van der Waals surface area contributed by atoms with Crippen LogP contribution in [0.5, 0.6) is 0 Å². The van der Waals surface area contributed by atoms with E-state index in [1.807, 2.05) is 55.8 Å². The molecule has 2 heterocycles. The summed E-state index contributed by atoms with van der Waals surface area (Å²) in [5.41, 5.74) is 5.81. The highest BCUT2D eigenvalue weighted by atomic mass is 19.1. The van der Waals surface area contributed by atoms with Crippen LogP contribution in [0.3, 0.4) is 0 Å². The highest BCUT2D eigenvalue weighted by Gasteiger charge is 2.17. The normalized spacial score (nSPS) is 11.2. The van der Waals surface area contributed by atoms with Gasteiger partial charge in [0.2, 0.25) is 5.91 Å². The summed E-state index contributed by atoms with van der Waals surface area (Å²) < 4.78 is 16.6. The standard InChI is InChI=1S/C25H25FN4O2/c1-15-7-5-6-8-19(15)22-14-24-29(4)17(3)20(25(32)30(24)28-22)10-12-23(31)27-21-11-9-18(26)13-16(21)2/h5-9,11,13-14H,10,12H2,1-4H3,(H,27,31). The van der Waals surface area contributed by atoms with Crippen LogP contribution in [0.1, 0.15) is 28.8 Å². The Morgan fingerprint density at radius 2 is 1.81 bits per heavy atom. The lowest BCUT2D eigenvalue weighted by atomic mass is 10.1. The van der Waals surface area contributed by atoms with E-state index in [-0.39, 0.29) is 30.1 Å². The third kappa shape index (κ3) is 3.93. The quantitative estimate of drug-likeness (QED) is 0.510. The summed E-state index contributed by atoms with van der Waals surface area (Å²) in [6, 6.07) is 14.0. The van der Waals surface area contributed by atoms with Gasteiger partial charge in [-0.25, -0.2) is 4.39 Å². The molecule has 0 aliphatic heterocycles. The molecule has 0 fully saturated rings. The van der Waals surface area contributed by atoms with Gasteiger partial charge in [-0.1, -0.05) is 24.3 Å². The lowest BCUT2D eigenvalue weighted by Crippen LogP contribution is -2.26. The predicted molar refractivity (Wildman–Crippen MR) is 123 cm³/mol. The lowest BCUT2D eigenvalue weighted by molar-refractivity contribution is -0.116. The van der Waals surface area contributed by atoms with Gasteiger partial charge in [0.25, 0.3) is 5.56 Å². The molecule has 0 aliphatic carbocycles. The van der Waals surface area contributed by atoms with Crippen molar-refractivity contribution in [3.05, 3.63) is 87.1 Å². The second kappa shape index (κ2) is 8.42. The molecule has 7 heteroatoms. The van der Waals surface area contributed by atoms with E-state index >= 15 is 0 Å². The Balaban J connectivity index is 1.62. The Bertz CT molecular complexity index is 1400. The predicted octanol–water partition coefficient (Wildman–Crippen LogP) is 4.34. The van der Waals surface area contributed by atoms with E-state index in [0.29, 0.717) is 22.5 Å². The number of nitrogens with one attached hydrogen (secondary N) is 1. The number of halogens is 1. The van der Waals surface area contributed by atoms with Crippen LogP contribution in [0.25, 0.3) is 16.9 Å². The SMILES string of the molecule is Cc1cc(F)ccc1NC(=O)CCc1c(C)n(C)c2cc(-c3ccccc3C)nn2c1=O. The molecular weight excluding hydrogens is 407 g/mol. The molecule has 32 heavy (non-hydrogen) atoms. The molecule has 0 atom stereocenters. The van der Waals surface area contributed by atoms with Crippen LogP contribution < -0.4 is 10.9 Å². The Morgan fingerprint density at radius 3 is 2.53 bits per heavy atom. The molecule has 4 aromatic rings. The maximum Gasteiger partial charge on any atom is 0.277 e. The van der Waals surface area contributed by atoms with Crippen molar-refractivity contribution in [2.24, 2.45) is 7.05 Å². The molecule has 0 spiro atoms. The molecule has 164 valence electrons. The summed E-state index contributed by atoms with van der Waals surface area (Å²) in [7, 11) is 1.89. The fourth-order valence-corrected chi connectivity index (χ4v) is 3.91. The first-order valence-corrected chi connectivity index (χ1v) is 10.5. The van der Waals surface area contributed by atoms with Crippen molar-refractivity contribution in [3.63, 3.8) is 0 Å². The van der Waals surface area contributed by atoms with Crippen molar-refractivity contribution in [2.45, 2.75) is 33.6 Å². The Kier molecular flexibility index (Phi) is 5.65. The first-order chi connectivity index (χ1) is 15.3. The van der Waals surface area contributed by atoms with E-state index < -0.39 is 0 Å². The fraction of sp³-hybridized carbons (Fsp3) is 0.240. The maximum atomic E-state index is 13.3. The van der Waals surface area contributed by atoms with Gasteiger partial charge in [-0.2, -0.15) is 9.61 Å². The van der Waals surface area contributed by atoms with Gasteiger partial charge in [0.1, 0.15) is 11.5 Å². The molecule has 0 aliphatic rings. The molecule has 0 saturated carbocycles. The van der Waals surface area contributed by atoms with E-state index in [1.54, 1.807) is 6.92 Å². The van der Waals surface area contributed by atoms with Crippen molar-refractivity contribution in [3.8, 4) is 11.3 Å². The molecule has 2 aromatic carbocycles. The minimum absolute atomic E-state index is 0.129. The third-order valence-electron chi connectivity index (χ3n) is 5.91. The van der Waals surface area contributed by atoms with Crippen molar-refractivity contribution in [1.82, 2.24) is 14.2 Å². The van der Waals surface area contributed by atoms with Crippen LogP contribution in [0.2, 0.25) is 0 Å². The zero-order valence-corrected chi connectivity index (χ0v) is 18.6. The number of benzene rings is 2. The van der Waals surface area contributed by atoms with Gasteiger partial charge in [-0.05, 0) is 56.5 Å². The number of nitrogens with zero attached hydrogens (tertiary/aromatic N) is 3. The van der Waals surface area contributed by atoms with Crippen molar-refractivity contribution in [1.29, 1.82) is 0 Å². The number of rotatable bonds is 5. The zero-order chi connectivity index (χ0) is 23.0. The molecule has 1 N–H and O–H groups in total. The third-order valence-corrected chi connectivity index (χ3v) is 5.91. The second-order valence-electron chi connectivity index (χ2n) is 8.05. The average Bonchev–Trinajstić information content (AvgIpc) is 3.20. The number of carbonyl (C=O) groups is 1. The Hall–Kier alpha value is -3.74. The van der Waals surface area contributed by atoms with Gasteiger partial charge in [-0.3, -0.25) is 9.59 Å². The number of fused-ring (bicyclic) bond motifs is 1. The number of amides is 1. The summed E-state index contributed by atoms with van der Waals surface area (Å²) in [6.45, 7) is 5.62. The molecule has 0 unspecified atom stereocenters. The van der Waals surface area contributed by atoms with Crippen LogP contribution in [0, 0.1) is 26.6 Å². The number of hydrogen-bond donors (Lipinski definition) is 1. The van der Waals surface area contributed by atoms with Gasteiger partial charge in [0, 0.05) is 42.0 Å². The molecule has 1 amide bonds. The number of anilines is 1. The summed E-state index contributed by atoms with van der Waals surface area (Å²) in [6.07, 6.45) is 0.407. The van der Waals surface area contributed by atoms with E-state index in [4.69, 9.17) is 0 Å². The molecule has 0 radical (unpaired) electrons. The van der Waals surface area contributed by atoms with Crippen LogP contribution in [-0.2, 0) is 18.3 Å². The summed E-state index contributed by atoms with van der Waals surface area (Å²) in [4.78, 5) is 25.7. The van der Waals surface area contributed by atoms with Crippen molar-refractivity contribution in [2.75, 3.05) is 5.32 Å². The van der Waals surface area contributed by atoms with Gasteiger partial charge in [0.05, 0.1) is 5.69 Å². The van der Waals surface area contributed by atoms with Crippen LogP contribution >= 0.6 is 0 Å². The fourth-order valence-electron chi connectivity index (χ4n) is 3.91. The molecular formula is C25H25FN4O2. The van der Waals surface area contributed by atoms with E-state index in [1.165, 1.54) is 22.7 Å². The van der Waals surface area contributed by atoms with Gasteiger partial charge in [-0.15, -0.1) is 0 Å². The number of hydrogen-bond acceptors (Lipinski definition) is 3. The monoisotopic (exact) mass is 432 g/mol. The Labute approximate surface area is 185 Å². The molecule has 2 aromatic heterocycles. The first kappa shape index (κ1) is 21.5. The number of carbonyl (C=O) groups excluding carboxylic acids is 1. The number of aryl methyl sites for hydroxylation is 3. The van der Waals surface area contributed by atoms with E-state index in [9.17, 15) is 14.0 Å². The van der Waals surface area contributed by atoms with Crippen LogP contribution in [0.15, 0.2) is 53.3 Å². The first-order valence-electron chi connectivity index (χ1n) is 10.5. The average molecular weight is 432 g/mol. The van der Waals surface area contributed by atoms with E-state index in [2.05, 4.69) is 10.4 Å². The molecule has 0 saturated heterocycles. The van der Waals surface area contributed by atoms with Gasteiger partial charge in [0.15, 0.2) is 0 Å². The zero-order valence-electron chi connectivity index (χ0n) is 18.6. The van der Waals surface area contributed by atoms with Crippen LogP contribution in [0.4, 0.5) is 10.1 Å². The topological polar surface area (TPSA) is 68.4 Å². The van der Waals surface area contributed by atoms with Gasteiger partial charge < -0.3 is 9.88 Å². The van der Waals surface area contributed by atoms with Crippen molar-refractivity contribution >= 4 is 17.2 Å². The smallest absolute Gasteiger partial charge is 0.277 e. The summed E-state index contributed by atoms with van der Waals surface area (Å²) in [5.74, 6) is -0.584. The Morgan fingerprint density at radius 1 is 1.06 bits per heavy atom. The maximum absolute atomic E-state index is 13.3. The van der Waals surface area contributed by atoms with Crippen LogP contribution in [-0.4, -0.2) is 20.1 Å². The molecule has 6 nitrogen and oxygen atoms in total. The van der Waals surface area contributed by atoms with Gasteiger partial charge >= 0.3 is 0 Å².